The molecule has 0 bridgehead atoms. The van der Waals surface area contributed by atoms with Crippen molar-refractivity contribution in [3.05, 3.63) is 0 Å². The Morgan fingerprint density at radius 3 is 2.45 bits per heavy atom. The van der Waals surface area contributed by atoms with Crippen LogP contribution in [0.5, 0.6) is 0 Å². The molecule has 4 heteroatoms. The minimum atomic E-state index is -1.15. The summed E-state index contributed by atoms with van der Waals surface area (Å²) in [6.07, 6.45) is 0.896. The number of ether oxygens (including phenoxy) is 1. The van der Waals surface area contributed by atoms with Gasteiger partial charge in [0.25, 0.3) is 0 Å². The van der Waals surface area contributed by atoms with Gasteiger partial charge in [-0.25, -0.2) is 0 Å². The Kier molecular flexibility index (Phi) is 10.8. The van der Waals surface area contributed by atoms with Gasteiger partial charge in [0, 0.05) is 6.61 Å². The predicted molar refractivity (Wildman–Crippen MR) is 35.3 cm³/mol. The van der Waals surface area contributed by atoms with Crippen LogP contribution in [0.4, 0.5) is 0 Å². The monoisotopic (exact) mass is 168 g/mol. The SMILES string of the molecule is CC(C)CCOCC(=O)[O-].[Na+]. The molecule has 60 valence electrons. The van der Waals surface area contributed by atoms with Crippen molar-refractivity contribution in [2.45, 2.75) is 20.3 Å². The normalized spacial score (nSPS) is 9.36. The third-order valence-electron chi connectivity index (χ3n) is 1.06. The molecule has 0 aromatic heterocycles. The molecular weight excluding hydrogens is 155 g/mol. The molecule has 0 radical (unpaired) electrons. The summed E-state index contributed by atoms with van der Waals surface area (Å²) in [4.78, 5) is 9.81. The number of carbonyl (C=O) groups excluding carboxylic acids is 1. The fraction of sp³-hybridized carbons (Fsp3) is 0.857. The van der Waals surface area contributed by atoms with Crippen molar-refractivity contribution < 1.29 is 44.2 Å². The molecule has 0 aliphatic carbocycles. The van der Waals surface area contributed by atoms with Crippen LogP contribution in [-0.4, -0.2) is 19.2 Å². The third-order valence-corrected chi connectivity index (χ3v) is 1.06. The Morgan fingerprint density at radius 1 is 1.55 bits per heavy atom. The maximum atomic E-state index is 9.81. The Balaban J connectivity index is 0. The average molecular weight is 168 g/mol. The molecule has 0 rings (SSSR count). The van der Waals surface area contributed by atoms with E-state index in [1.54, 1.807) is 0 Å². The van der Waals surface area contributed by atoms with Gasteiger partial charge in [0.2, 0.25) is 0 Å². The van der Waals surface area contributed by atoms with Crippen molar-refractivity contribution >= 4 is 5.97 Å². The summed E-state index contributed by atoms with van der Waals surface area (Å²) in [5.41, 5.74) is 0. The molecule has 0 atom stereocenters. The summed E-state index contributed by atoms with van der Waals surface area (Å²) in [7, 11) is 0. The van der Waals surface area contributed by atoms with Crippen LogP contribution in [0.15, 0.2) is 0 Å². The van der Waals surface area contributed by atoms with Crippen LogP contribution in [-0.2, 0) is 9.53 Å². The standard InChI is InChI=1S/C7H14O3.Na/c1-6(2)3-4-10-5-7(8)9;/h6H,3-5H2,1-2H3,(H,8,9);/q;+1/p-1. The van der Waals surface area contributed by atoms with Gasteiger partial charge in [0.1, 0.15) is 0 Å². The van der Waals surface area contributed by atoms with E-state index in [2.05, 4.69) is 13.8 Å². The Hall–Kier alpha value is 0.430. The quantitative estimate of drug-likeness (QED) is 0.321. The molecule has 0 amide bonds. The smallest absolute Gasteiger partial charge is 0.548 e. The van der Waals surface area contributed by atoms with Gasteiger partial charge in [0.05, 0.1) is 12.6 Å². The third kappa shape index (κ3) is 13.4. The molecule has 0 heterocycles. The Morgan fingerprint density at radius 2 is 2.09 bits per heavy atom. The molecule has 0 aliphatic heterocycles. The molecule has 0 fully saturated rings. The first-order valence-electron chi connectivity index (χ1n) is 3.40. The summed E-state index contributed by atoms with van der Waals surface area (Å²) >= 11 is 0. The zero-order chi connectivity index (χ0) is 7.98. The molecular formula is C7H13NaO3. The number of hydrogen-bond acceptors (Lipinski definition) is 3. The van der Waals surface area contributed by atoms with Crippen LogP contribution in [0, 0.1) is 5.92 Å². The molecule has 0 unspecified atom stereocenters. The van der Waals surface area contributed by atoms with Gasteiger partial charge in [-0.3, -0.25) is 0 Å². The number of hydrogen-bond donors (Lipinski definition) is 0. The van der Waals surface area contributed by atoms with Crippen molar-refractivity contribution in [2.24, 2.45) is 5.92 Å². The van der Waals surface area contributed by atoms with E-state index in [1.165, 1.54) is 0 Å². The van der Waals surface area contributed by atoms with Gasteiger partial charge in [0.15, 0.2) is 0 Å². The van der Waals surface area contributed by atoms with Gasteiger partial charge in [-0.1, -0.05) is 13.8 Å². The van der Waals surface area contributed by atoms with Crippen LogP contribution >= 0.6 is 0 Å². The van der Waals surface area contributed by atoms with Crippen LogP contribution in [0.3, 0.4) is 0 Å². The van der Waals surface area contributed by atoms with E-state index in [1.807, 2.05) is 0 Å². The second-order valence-electron chi connectivity index (χ2n) is 2.61. The second kappa shape index (κ2) is 8.53. The number of carboxylic acid groups (broad SMARTS) is 1. The average Bonchev–Trinajstić information content (AvgIpc) is 1.79. The number of rotatable bonds is 5. The maximum Gasteiger partial charge on any atom is 1.00 e. The molecule has 3 nitrogen and oxygen atoms in total. The zero-order valence-electron chi connectivity index (χ0n) is 7.42. The van der Waals surface area contributed by atoms with E-state index < -0.39 is 5.97 Å². The van der Waals surface area contributed by atoms with Crippen LogP contribution < -0.4 is 34.7 Å². The van der Waals surface area contributed by atoms with Crippen molar-refractivity contribution in [2.75, 3.05) is 13.2 Å². The van der Waals surface area contributed by atoms with Crippen molar-refractivity contribution in [3.63, 3.8) is 0 Å². The van der Waals surface area contributed by atoms with E-state index in [0.717, 1.165) is 6.42 Å². The second-order valence-corrected chi connectivity index (χ2v) is 2.61. The fourth-order valence-electron chi connectivity index (χ4n) is 0.475. The zero-order valence-corrected chi connectivity index (χ0v) is 9.42. The molecule has 0 saturated heterocycles. The van der Waals surface area contributed by atoms with Crippen LogP contribution in [0.1, 0.15) is 20.3 Å². The first-order chi connectivity index (χ1) is 4.63. The van der Waals surface area contributed by atoms with E-state index in [9.17, 15) is 9.90 Å². The van der Waals surface area contributed by atoms with E-state index in [4.69, 9.17) is 4.74 Å². The van der Waals surface area contributed by atoms with E-state index in [0.29, 0.717) is 12.5 Å². The minimum Gasteiger partial charge on any atom is -0.548 e. The van der Waals surface area contributed by atoms with E-state index in [-0.39, 0.29) is 36.2 Å². The summed E-state index contributed by atoms with van der Waals surface area (Å²) in [5.74, 6) is -0.592. The van der Waals surface area contributed by atoms with Gasteiger partial charge < -0.3 is 14.6 Å². The number of carboxylic acids is 1. The Labute approximate surface area is 89.4 Å². The van der Waals surface area contributed by atoms with Gasteiger partial charge >= 0.3 is 29.6 Å². The number of aliphatic carboxylic acids is 1. The van der Waals surface area contributed by atoms with Gasteiger partial charge in [-0.05, 0) is 12.3 Å². The molecule has 11 heavy (non-hydrogen) atoms. The van der Waals surface area contributed by atoms with Crippen molar-refractivity contribution in [1.82, 2.24) is 0 Å². The first-order valence-corrected chi connectivity index (χ1v) is 3.40. The maximum absolute atomic E-state index is 9.81. The summed E-state index contributed by atoms with van der Waals surface area (Å²) in [6, 6.07) is 0. The Bertz CT molecular complexity index is 104. The van der Waals surface area contributed by atoms with Crippen LogP contribution in [0.2, 0.25) is 0 Å². The molecule has 0 aromatic rings. The first kappa shape index (κ1) is 14.0. The van der Waals surface area contributed by atoms with E-state index >= 15 is 0 Å². The topological polar surface area (TPSA) is 49.4 Å². The fourth-order valence-corrected chi connectivity index (χ4v) is 0.475. The summed E-state index contributed by atoms with van der Waals surface area (Å²) in [6.45, 7) is 4.34. The molecule has 0 saturated carbocycles. The van der Waals surface area contributed by atoms with Crippen molar-refractivity contribution in [3.8, 4) is 0 Å². The molecule has 0 spiro atoms. The summed E-state index contributed by atoms with van der Waals surface area (Å²) in [5, 5.41) is 9.81. The molecule has 0 aliphatic rings. The number of carbonyl (C=O) groups is 1. The summed E-state index contributed by atoms with van der Waals surface area (Å²) < 4.78 is 4.74. The van der Waals surface area contributed by atoms with Gasteiger partial charge in [-0.2, -0.15) is 0 Å². The van der Waals surface area contributed by atoms with Crippen LogP contribution in [0.25, 0.3) is 0 Å². The van der Waals surface area contributed by atoms with Gasteiger partial charge in [-0.15, -0.1) is 0 Å². The molecule has 0 aromatic carbocycles. The minimum absolute atomic E-state index is 0. The molecule has 0 N–H and O–H groups in total. The van der Waals surface area contributed by atoms with Crippen molar-refractivity contribution in [1.29, 1.82) is 0 Å². The predicted octanol–water partition coefficient (Wildman–Crippen LogP) is -3.20. The largest absolute Gasteiger partial charge is 1.00 e.